The van der Waals surface area contributed by atoms with Crippen LogP contribution in [0.5, 0.6) is 0 Å². The lowest BCUT2D eigenvalue weighted by molar-refractivity contribution is 0.607. The van der Waals surface area contributed by atoms with Crippen LogP contribution in [0.2, 0.25) is 25.1 Å². The largest absolute Gasteiger partial charge is 0.0823 e. The summed E-state index contributed by atoms with van der Waals surface area (Å²) >= 11 is 30.4. The van der Waals surface area contributed by atoms with E-state index < -0.39 is 0 Å². The van der Waals surface area contributed by atoms with Crippen molar-refractivity contribution in [3.63, 3.8) is 0 Å². The molecule has 0 saturated carbocycles. The van der Waals surface area contributed by atoms with Gasteiger partial charge in [0.25, 0.3) is 0 Å². The van der Waals surface area contributed by atoms with Gasteiger partial charge in [0.2, 0.25) is 0 Å². The van der Waals surface area contributed by atoms with Crippen molar-refractivity contribution >= 4 is 58.0 Å². The van der Waals surface area contributed by atoms with Gasteiger partial charge in [-0.3, -0.25) is 0 Å². The minimum atomic E-state index is 0.227. The molecule has 0 nitrogen and oxygen atoms in total. The van der Waals surface area contributed by atoms with E-state index in [1.165, 1.54) is 25.7 Å². The Bertz CT molecular complexity index is 399. The fraction of sp³-hybridized carbons (Fsp3) is 0.571. The summed E-state index contributed by atoms with van der Waals surface area (Å²) in [5, 5.41) is 1.66. The van der Waals surface area contributed by atoms with Crippen LogP contribution in [0.25, 0.3) is 0 Å². The van der Waals surface area contributed by atoms with E-state index in [-0.39, 0.29) is 5.02 Å². The smallest absolute Gasteiger partial charge is 0.0809 e. The first-order chi connectivity index (χ1) is 9.00. The van der Waals surface area contributed by atoms with Gasteiger partial charge >= 0.3 is 0 Å². The normalized spacial score (nSPS) is 11.1. The first-order valence-electron chi connectivity index (χ1n) is 6.51. The van der Waals surface area contributed by atoms with Crippen LogP contribution in [0.15, 0.2) is 0 Å². The van der Waals surface area contributed by atoms with Gasteiger partial charge in [-0.25, -0.2) is 0 Å². The highest BCUT2D eigenvalue weighted by atomic mass is 35.5. The lowest BCUT2D eigenvalue weighted by Crippen LogP contribution is -1.92. The van der Waals surface area contributed by atoms with Gasteiger partial charge in [0, 0.05) is 0 Å². The molecule has 0 bridgehead atoms. The zero-order valence-electron chi connectivity index (χ0n) is 10.8. The van der Waals surface area contributed by atoms with Crippen LogP contribution in [0.4, 0.5) is 0 Å². The van der Waals surface area contributed by atoms with Gasteiger partial charge < -0.3 is 0 Å². The van der Waals surface area contributed by atoms with Crippen molar-refractivity contribution in [2.45, 2.75) is 51.9 Å². The number of unbranched alkanes of at least 4 members (excludes halogenated alkanes) is 5. The Morgan fingerprint density at radius 1 is 0.579 bits per heavy atom. The van der Waals surface area contributed by atoms with Crippen LogP contribution in [0.3, 0.4) is 0 Å². The van der Waals surface area contributed by atoms with Gasteiger partial charge in [0.15, 0.2) is 0 Å². The summed E-state index contributed by atoms with van der Waals surface area (Å²) in [7, 11) is 0. The van der Waals surface area contributed by atoms with E-state index in [1.807, 2.05) is 0 Å². The fourth-order valence-corrected chi connectivity index (χ4v) is 3.32. The molecular formula is C14H17Cl5. The number of halogens is 5. The van der Waals surface area contributed by atoms with Crippen LogP contribution in [0.1, 0.15) is 51.0 Å². The number of hydrogen-bond donors (Lipinski definition) is 0. The van der Waals surface area contributed by atoms with Gasteiger partial charge in [-0.15, -0.1) is 0 Å². The van der Waals surface area contributed by atoms with Crippen molar-refractivity contribution in [3.8, 4) is 0 Å². The molecule has 0 aliphatic heterocycles. The molecule has 108 valence electrons. The molecule has 0 radical (unpaired) electrons. The Kier molecular flexibility index (Phi) is 8.25. The van der Waals surface area contributed by atoms with E-state index in [2.05, 4.69) is 6.92 Å². The van der Waals surface area contributed by atoms with Crippen LogP contribution in [0, 0.1) is 0 Å². The lowest BCUT2D eigenvalue weighted by Gasteiger charge is -2.12. The van der Waals surface area contributed by atoms with Gasteiger partial charge in [0.1, 0.15) is 0 Å². The molecule has 19 heavy (non-hydrogen) atoms. The zero-order valence-corrected chi connectivity index (χ0v) is 14.6. The Morgan fingerprint density at radius 3 is 1.53 bits per heavy atom. The van der Waals surface area contributed by atoms with Gasteiger partial charge in [-0.2, -0.15) is 0 Å². The summed E-state index contributed by atoms with van der Waals surface area (Å²) in [4.78, 5) is 0. The van der Waals surface area contributed by atoms with Gasteiger partial charge in [0.05, 0.1) is 25.1 Å². The van der Waals surface area contributed by atoms with Crippen LogP contribution in [-0.2, 0) is 6.42 Å². The Labute approximate surface area is 140 Å². The molecule has 0 aliphatic carbocycles. The standard InChI is InChI=1S/C14H17Cl5/c1-2-3-4-5-6-7-8-9-10(15)12(17)14(19)13(18)11(9)16/h2-8H2,1H3. The highest BCUT2D eigenvalue weighted by Crippen LogP contribution is 2.44. The summed E-state index contributed by atoms with van der Waals surface area (Å²) in [6.07, 6.45) is 8.01. The molecule has 0 heterocycles. The Balaban J connectivity index is 2.64. The third-order valence-electron chi connectivity index (χ3n) is 3.08. The van der Waals surface area contributed by atoms with E-state index in [0.29, 0.717) is 20.1 Å². The van der Waals surface area contributed by atoms with Crippen molar-refractivity contribution < 1.29 is 0 Å². The molecule has 0 spiro atoms. The van der Waals surface area contributed by atoms with Gasteiger partial charge in [-0.05, 0) is 18.4 Å². The molecule has 5 heteroatoms. The summed E-state index contributed by atoms with van der Waals surface area (Å²) in [5.41, 5.74) is 0.804. The predicted octanol–water partition coefficient (Wildman–Crippen LogP) is 7.86. The van der Waals surface area contributed by atoms with E-state index >= 15 is 0 Å². The topological polar surface area (TPSA) is 0 Å². The minimum absolute atomic E-state index is 0.227. The first-order valence-corrected chi connectivity index (χ1v) is 8.40. The average Bonchev–Trinajstić information content (AvgIpc) is 2.41. The van der Waals surface area contributed by atoms with Crippen LogP contribution in [-0.4, -0.2) is 0 Å². The van der Waals surface area contributed by atoms with Crippen molar-refractivity contribution in [1.29, 1.82) is 0 Å². The molecule has 0 atom stereocenters. The molecule has 0 N–H and O–H groups in total. The quantitative estimate of drug-likeness (QED) is 0.263. The summed E-state index contributed by atoms with van der Waals surface area (Å²) in [6, 6.07) is 0. The molecule has 0 unspecified atom stereocenters. The second kappa shape index (κ2) is 8.85. The molecule has 1 rings (SSSR count). The van der Waals surface area contributed by atoms with Crippen molar-refractivity contribution in [1.82, 2.24) is 0 Å². The maximum atomic E-state index is 6.18. The van der Waals surface area contributed by atoms with Crippen molar-refractivity contribution in [2.75, 3.05) is 0 Å². The predicted molar refractivity (Wildman–Crippen MR) is 88.6 cm³/mol. The molecule has 0 amide bonds. The number of hydrogen-bond acceptors (Lipinski definition) is 0. The monoisotopic (exact) mass is 360 g/mol. The lowest BCUT2D eigenvalue weighted by atomic mass is 10.0. The molecule has 0 aliphatic rings. The summed E-state index contributed by atoms with van der Waals surface area (Å²) < 4.78 is 0. The zero-order chi connectivity index (χ0) is 14.4. The van der Waals surface area contributed by atoms with Crippen molar-refractivity contribution in [3.05, 3.63) is 30.7 Å². The second-order valence-corrected chi connectivity index (χ2v) is 6.46. The molecule has 0 saturated heterocycles. The Hall–Kier alpha value is 0.670. The average molecular weight is 363 g/mol. The summed E-state index contributed by atoms with van der Waals surface area (Å²) in [5.74, 6) is 0. The van der Waals surface area contributed by atoms with E-state index in [9.17, 15) is 0 Å². The number of rotatable bonds is 7. The van der Waals surface area contributed by atoms with Gasteiger partial charge in [-0.1, -0.05) is 97.0 Å². The van der Waals surface area contributed by atoms with E-state index in [0.717, 1.165) is 24.8 Å². The number of benzene rings is 1. The second-order valence-electron chi connectivity index (χ2n) is 4.57. The van der Waals surface area contributed by atoms with Crippen LogP contribution < -0.4 is 0 Å². The van der Waals surface area contributed by atoms with Crippen LogP contribution >= 0.6 is 58.0 Å². The SMILES string of the molecule is CCCCCCCCc1c(Cl)c(Cl)c(Cl)c(Cl)c1Cl. The molecule has 0 fully saturated rings. The molecule has 0 aromatic heterocycles. The third kappa shape index (κ3) is 4.86. The van der Waals surface area contributed by atoms with Crippen molar-refractivity contribution in [2.24, 2.45) is 0 Å². The van der Waals surface area contributed by atoms with E-state index in [1.54, 1.807) is 0 Å². The first kappa shape index (κ1) is 17.7. The maximum absolute atomic E-state index is 6.18. The third-order valence-corrected chi connectivity index (χ3v) is 5.44. The van der Waals surface area contributed by atoms with E-state index in [4.69, 9.17) is 58.0 Å². The maximum Gasteiger partial charge on any atom is 0.0809 e. The fourth-order valence-electron chi connectivity index (χ4n) is 1.95. The molecule has 1 aromatic carbocycles. The minimum Gasteiger partial charge on any atom is -0.0823 e. The Morgan fingerprint density at radius 2 is 1.00 bits per heavy atom. The summed E-state index contributed by atoms with van der Waals surface area (Å²) in [6.45, 7) is 2.21. The molecule has 1 aromatic rings. The highest BCUT2D eigenvalue weighted by Gasteiger charge is 2.18. The molecular weight excluding hydrogens is 345 g/mol. The highest BCUT2D eigenvalue weighted by molar-refractivity contribution is 6.55.